The van der Waals surface area contributed by atoms with Gasteiger partial charge in [-0.1, -0.05) is 12.1 Å². The lowest BCUT2D eigenvalue weighted by atomic mass is 10.1. The van der Waals surface area contributed by atoms with E-state index in [2.05, 4.69) is 0 Å². The highest BCUT2D eigenvalue weighted by molar-refractivity contribution is 6.06. The summed E-state index contributed by atoms with van der Waals surface area (Å²) in [5.74, 6) is -2.70. The third kappa shape index (κ3) is 8.51. The Morgan fingerprint density at radius 1 is 0.441 bits per heavy atom. The van der Waals surface area contributed by atoms with Crippen molar-refractivity contribution in [3.05, 3.63) is 101 Å². The number of aromatic hydroxyl groups is 1. The Labute approximate surface area is 194 Å². The Balaban J connectivity index is 0.000000256. The number of rotatable bonds is 5. The molecule has 0 aliphatic carbocycles. The van der Waals surface area contributed by atoms with Gasteiger partial charge in [-0.2, -0.15) is 0 Å². The lowest BCUT2D eigenvalue weighted by molar-refractivity contribution is 0.0967. The Morgan fingerprint density at radius 3 is 0.941 bits per heavy atom. The van der Waals surface area contributed by atoms with E-state index in [4.69, 9.17) is 33.8 Å². The number of benzene rings is 3. The minimum atomic E-state index is -0.649. The fourth-order valence-corrected chi connectivity index (χ4v) is 2.34. The molecule has 0 aliphatic heterocycles. The maximum atomic E-state index is 10.7. The molecule has 3 aromatic carbocycles. The summed E-state index contributed by atoms with van der Waals surface area (Å²) >= 11 is 0. The second-order valence-corrected chi connectivity index (χ2v) is 6.49. The number of phenolic OH excluding ortho intramolecular Hbond substituents is 1. The molecule has 0 atom stereocenters. The molecule has 0 saturated heterocycles. The van der Waals surface area contributed by atoms with E-state index in [0.29, 0.717) is 16.7 Å². The first-order chi connectivity index (χ1) is 15.9. The molecule has 0 aromatic heterocycles. The van der Waals surface area contributed by atoms with Crippen molar-refractivity contribution in [3.8, 4) is 5.75 Å². The minimum Gasteiger partial charge on any atom is -0.508 e. The van der Waals surface area contributed by atoms with Gasteiger partial charge in [0.15, 0.2) is 0 Å². The number of carbonyl (C=O) groups excluding carboxylic acids is 5. The van der Waals surface area contributed by atoms with Crippen molar-refractivity contribution in [2.24, 2.45) is 28.7 Å². The number of hydrogen-bond donors (Lipinski definition) is 6. The van der Waals surface area contributed by atoms with Crippen LogP contribution >= 0.6 is 0 Å². The first-order valence-electron chi connectivity index (χ1n) is 9.41. The van der Waals surface area contributed by atoms with Crippen LogP contribution in [0.2, 0.25) is 0 Å². The number of amides is 5. The van der Waals surface area contributed by atoms with Gasteiger partial charge in [0, 0.05) is 16.7 Å². The molecule has 34 heavy (non-hydrogen) atoms. The van der Waals surface area contributed by atoms with E-state index in [0.717, 1.165) is 0 Å². The van der Waals surface area contributed by atoms with Crippen LogP contribution in [0.3, 0.4) is 0 Å². The smallest absolute Gasteiger partial charge is 0.249 e. The number of carbonyl (C=O) groups is 5. The second kappa shape index (κ2) is 12.6. The molecule has 0 saturated carbocycles. The van der Waals surface area contributed by atoms with Crippen LogP contribution in [-0.4, -0.2) is 34.6 Å². The molecule has 0 radical (unpaired) electrons. The van der Waals surface area contributed by atoms with Crippen molar-refractivity contribution >= 4 is 29.5 Å². The molecule has 176 valence electrons. The monoisotopic (exact) mass is 465 g/mol. The van der Waals surface area contributed by atoms with Crippen molar-refractivity contribution in [1.29, 1.82) is 0 Å². The summed E-state index contributed by atoms with van der Waals surface area (Å²) < 4.78 is 0. The molecule has 3 aromatic rings. The standard InChI is InChI=1S/2C8H8N2O2.C7H7NO2/c9-7(11)5-1-2-6(4-3-5)8(10)12;9-7(11)5-3-1-2-4-6(5)8(10)12;8-7(10)5-1-3-6(9)4-2-5/h2*1-4H,(H2,9,11)(H2,10,12);1-4,9H,(H2,8,10). The number of hydrogen-bond acceptors (Lipinski definition) is 6. The van der Waals surface area contributed by atoms with Crippen LogP contribution in [0.4, 0.5) is 0 Å². The average Bonchev–Trinajstić information content (AvgIpc) is 2.80. The van der Waals surface area contributed by atoms with Crippen LogP contribution in [0.1, 0.15) is 51.8 Å². The third-order valence-corrected chi connectivity index (χ3v) is 4.06. The average molecular weight is 465 g/mol. The minimum absolute atomic E-state index is 0.130. The van der Waals surface area contributed by atoms with Gasteiger partial charge in [-0.25, -0.2) is 0 Å². The van der Waals surface area contributed by atoms with Gasteiger partial charge in [-0.3, -0.25) is 24.0 Å². The van der Waals surface area contributed by atoms with E-state index in [-0.39, 0.29) is 16.9 Å². The lowest BCUT2D eigenvalue weighted by Gasteiger charge is -2.00. The summed E-state index contributed by atoms with van der Waals surface area (Å²) in [7, 11) is 0. The van der Waals surface area contributed by atoms with E-state index in [1.807, 2.05) is 0 Å². The molecule has 0 aliphatic rings. The summed E-state index contributed by atoms with van der Waals surface area (Å²) in [6.07, 6.45) is 0. The lowest BCUT2D eigenvalue weighted by Crippen LogP contribution is -2.20. The van der Waals surface area contributed by atoms with Gasteiger partial charge in [-0.15, -0.1) is 0 Å². The van der Waals surface area contributed by atoms with Gasteiger partial charge in [0.2, 0.25) is 29.5 Å². The highest BCUT2D eigenvalue weighted by Crippen LogP contribution is 2.08. The van der Waals surface area contributed by atoms with Crippen LogP contribution in [0.15, 0.2) is 72.8 Å². The molecule has 0 bridgehead atoms. The summed E-state index contributed by atoms with van der Waals surface area (Å²) in [6.45, 7) is 0. The summed E-state index contributed by atoms with van der Waals surface area (Å²) in [5.41, 5.74) is 26.4. The predicted molar refractivity (Wildman–Crippen MR) is 124 cm³/mol. The molecule has 3 rings (SSSR count). The van der Waals surface area contributed by atoms with Gasteiger partial charge >= 0.3 is 0 Å². The maximum absolute atomic E-state index is 10.7. The summed E-state index contributed by atoms with van der Waals surface area (Å²) in [5, 5.41) is 8.79. The molecule has 11 heteroatoms. The van der Waals surface area contributed by atoms with Gasteiger partial charge in [0.25, 0.3) is 0 Å². The molecule has 0 heterocycles. The topological polar surface area (TPSA) is 236 Å². The first kappa shape index (κ1) is 26.8. The van der Waals surface area contributed by atoms with E-state index in [1.165, 1.54) is 60.7 Å². The van der Waals surface area contributed by atoms with E-state index < -0.39 is 29.5 Å². The van der Waals surface area contributed by atoms with Crippen molar-refractivity contribution in [2.45, 2.75) is 0 Å². The third-order valence-electron chi connectivity index (χ3n) is 4.06. The van der Waals surface area contributed by atoms with E-state index in [1.54, 1.807) is 12.1 Å². The number of nitrogens with two attached hydrogens (primary N) is 5. The first-order valence-corrected chi connectivity index (χ1v) is 9.41. The van der Waals surface area contributed by atoms with Crippen LogP contribution in [0, 0.1) is 0 Å². The van der Waals surface area contributed by atoms with Crippen LogP contribution in [0.5, 0.6) is 5.75 Å². The number of phenols is 1. The van der Waals surface area contributed by atoms with E-state index in [9.17, 15) is 24.0 Å². The van der Waals surface area contributed by atoms with Gasteiger partial charge in [0.05, 0.1) is 11.1 Å². The fraction of sp³-hybridized carbons (Fsp3) is 0. The van der Waals surface area contributed by atoms with E-state index >= 15 is 0 Å². The number of primary amides is 5. The molecule has 0 spiro atoms. The van der Waals surface area contributed by atoms with Gasteiger partial charge < -0.3 is 33.8 Å². The Morgan fingerprint density at radius 2 is 0.706 bits per heavy atom. The second-order valence-electron chi connectivity index (χ2n) is 6.49. The molecule has 0 fully saturated rings. The van der Waals surface area contributed by atoms with Crippen molar-refractivity contribution in [3.63, 3.8) is 0 Å². The highest BCUT2D eigenvalue weighted by atomic mass is 16.3. The van der Waals surface area contributed by atoms with Gasteiger partial charge in [-0.05, 0) is 60.7 Å². The van der Waals surface area contributed by atoms with Gasteiger partial charge in [0.1, 0.15) is 5.75 Å². The fourth-order valence-electron chi connectivity index (χ4n) is 2.34. The predicted octanol–water partition coefficient (Wildman–Crippen LogP) is 0.260. The van der Waals surface area contributed by atoms with Crippen LogP contribution in [-0.2, 0) is 0 Å². The molecule has 11 nitrogen and oxygen atoms in total. The Kier molecular flexibility index (Phi) is 9.96. The maximum Gasteiger partial charge on any atom is 0.249 e. The zero-order valence-electron chi connectivity index (χ0n) is 17.8. The summed E-state index contributed by atoms with van der Waals surface area (Å²) in [4.78, 5) is 53.1. The van der Waals surface area contributed by atoms with Crippen molar-refractivity contribution in [1.82, 2.24) is 0 Å². The quantitative estimate of drug-likeness (QED) is 0.309. The molecule has 5 amide bonds. The molecular weight excluding hydrogens is 442 g/mol. The van der Waals surface area contributed by atoms with Crippen LogP contribution in [0.25, 0.3) is 0 Å². The molecule has 11 N–H and O–H groups in total. The van der Waals surface area contributed by atoms with Crippen molar-refractivity contribution < 1.29 is 29.1 Å². The zero-order chi connectivity index (χ0) is 25.8. The van der Waals surface area contributed by atoms with Crippen LogP contribution < -0.4 is 28.7 Å². The molecular formula is C23H23N5O6. The van der Waals surface area contributed by atoms with Crippen molar-refractivity contribution in [2.75, 3.05) is 0 Å². The Bertz CT molecular complexity index is 1130. The zero-order valence-corrected chi connectivity index (χ0v) is 17.8. The Hall–Kier alpha value is -5.19. The SMILES string of the molecule is NC(=O)c1ccc(C(N)=O)cc1.NC(=O)c1ccc(O)cc1.NC(=O)c1ccccc1C(N)=O. The largest absolute Gasteiger partial charge is 0.508 e. The molecule has 0 unspecified atom stereocenters. The normalized spacial score (nSPS) is 9.29. The highest BCUT2D eigenvalue weighted by Gasteiger charge is 2.10. The summed E-state index contributed by atoms with van der Waals surface area (Å²) in [6, 6.07) is 17.8.